The third kappa shape index (κ3) is 3.11. The first-order valence-electron chi connectivity index (χ1n) is 6.55. The van der Waals surface area contributed by atoms with Gasteiger partial charge in [0.05, 0.1) is 0 Å². The molecule has 3 N–H and O–H groups in total. The summed E-state index contributed by atoms with van der Waals surface area (Å²) in [6.07, 6.45) is 5.72. The molecule has 4 heteroatoms. The van der Waals surface area contributed by atoms with Crippen LogP contribution in [0.2, 0.25) is 0 Å². The minimum atomic E-state index is 0.0137. The zero-order valence-corrected chi connectivity index (χ0v) is 10.1. The summed E-state index contributed by atoms with van der Waals surface area (Å²) in [7, 11) is 0. The average molecular weight is 225 g/mol. The lowest BCUT2D eigenvalue weighted by atomic mass is 9.87. The maximum atomic E-state index is 11.6. The summed E-state index contributed by atoms with van der Waals surface area (Å²) in [6, 6.07) is 1.03. The quantitative estimate of drug-likeness (QED) is 0.630. The standard InChI is InChI=1S/C12H23N3O/c1-2-3-4-13-12(16)15-11-6-9-5-10(7-11)14-8-9/h9-11,14H,2-8H2,1H3,(H2,13,15,16). The van der Waals surface area contributed by atoms with Crippen LogP contribution in [0.5, 0.6) is 0 Å². The van der Waals surface area contributed by atoms with Crippen LogP contribution >= 0.6 is 0 Å². The van der Waals surface area contributed by atoms with Gasteiger partial charge in [-0.3, -0.25) is 0 Å². The number of carbonyl (C=O) groups is 1. The van der Waals surface area contributed by atoms with Gasteiger partial charge in [-0.1, -0.05) is 13.3 Å². The van der Waals surface area contributed by atoms with Crippen molar-refractivity contribution in [1.29, 1.82) is 0 Å². The number of hydrogen-bond acceptors (Lipinski definition) is 2. The first-order valence-corrected chi connectivity index (χ1v) is 6.55. The van der Waals surface area contributed by atoms with Crippen molar-refractivity contribution in [2.45, 2.75) is 51.1 Å². The molecule has 4 nitrogen and oxygen atoms in total. The molecule has 92 valence electrons. The third-order valence-corrected chi connectivity index (χ3v) is 3.65. The molecule has 1 saturated heterocycles. The van der Waals surface area contributed by atoms with Crippen molar-refractivity contribution in [2.75, 3.05) is 13.1 Å². The van der Waals surface area contributed by atoms with Gasteiger partial charge >= 0.3 is 6.03 Å². The van der Waals surface area contributed by atoms with E-state index in [4.69, 9.17) is 0 Å². The van der Waals surface area contributed by atoms with E-state index in [0.29, 0.717) is 12.1 Å². The van der Waals surface area contributed by atoms with Crippen LogP contribution < -0.4 is 16.0 Å². The highest BCUT2D eigenvalue weighted by Gasteiger charge is 2.34. The SMILES string of the molecule is CCCCNC(=O)NC1CC2CNC(C2)C1. The van der Waals surface area contributed by atoms with E-state index in [0.717, 1.165) is 44.7 Å². The first-order chi connectivity index (χ1) is 7.78. The number of hydrogen-bond donors (Lipinski definition) is 3. The van der Waals surface area contributed by atoms with E-state index in [1.54, 1.807) is 0 Å². The van der Waals surface area contributed by atoms with Gasteiger partial charge in [0.25, 0.3) is 0 Å². The molecule has 3 unspecified atom stereocenters. The molecule has 2 aliphatic rings. The zero-order valence-electron chi connectivity index (χ0n) is 10.1. The lowest BCUT2D eigenvalue weighted by Gasteiger charge is -2.27. The Labute approximate surface area is 97.6 Å². The van der Waals surface area contributed by atoms with Crippen molar-refractivity contribution < 1.29 is 4.79 Å². The van der Waals surface area contributed by atoms with Crippen LogP contribution in [-0.2, 0) is 0 Å². The van der Waals surface area contributed by atoms with E-state index in [9.17, 15) is 4.79 Å². The summed E-state index contributed by atoms with van der Waals surface area (Å²) in [5, 5.41) is 9.50. The summed E-state index contributed by atoms with van der Waals surface area (Å²) >= 11 is 0. The van der Waals surface area contributed by atoms with Crippen LogP contribution in [0.3, 0.4) is 0 Å². The number of amides is 2. The number of urea groups is 1. The molecule has 0 aromatic rings. The zero-order chi connectivity index (χ0) is 11.4. The van der Waals surface area contributed by atoms with E-state index in [2.05, 4.69) is 22.9 Å². The molecule has 2 bridgehead atoms. The molecule has 2 amide bonds. The van der Waals surface area contributed by atoms with Crippen molar-refractivity contribution in [1.82, 2.24) is 16.0 Å². The monoisotopic (exact) mass is 225 g/mol. The van der Waals surface area contributed by atoms with Crippen molar-refractivity contribution in [2.24, 2.45) is 5.92 Å². The van der Waals surface area contributed by atoms with Crippen molar-refractivity contribution in [3.8, 4) is 0 Å². The maximum Gasteiger partial charge on any atom is 0.315 e. The molecule has 2 rings (SSSR count). The van der Waals surface area contributed by atoms with Gasteiger partial charge in [0, 0.05) is 18.6 Å². The second-order valence-electron chi connectivity index (χ2n) is 5.13. The van der Waals surface area contributed by atoms with E-state index in [-0.39, 0.29) is 6.03 Å². The Morgan fingerprint density at radius 2 is 2.25 bits per heavy atom. The number of nitrogens with one attached hydrogen (secondary N) is 3. The topological polar surface area (TPSA) is 53.2 Å². The fourth-order valence-electron chi connectivity index (χ4n) is 2.84. The molecule has 0 aromatic heterocycles. The van der Waals surface area contributed by atoms with E-state index in [1.807, 2.05) is 0 Å². The van der Waals surface area contributed by atoms with Gasteiger partial charge in [0.15, 0.2) is 0 Å². The van der Waals surface area contributed by atoms with Crippen LogP contribution in [-0.4, -0.2) is 31.2 Å². The minimum Gasteiger partial charge on any atom is -0.338 e. The minimum absolute atomic E-state index is 0.0137. The molecular formula is C12H23N3O. The number of rotatable bonds is 4. The molecule has 1 aliphatic carbocycles. The summed E-state index contributed by atoms with van der Waals surface area (Å²) in [6.45, 7) is 4.06. The molecule has 3 atom stereocenters. The number of carbonyl (C=O) groups excluding carboxylic acids is 1. The van der Waals surface area contributed by atoms with Gasteiger partial charge in [-0.2, -0.15) is 0 Å². The Bertz CT molecular complexity index is 232. The lowest BCUT2D eigenvalue weighted by Crippen LogP contribution is -2.46. The van der Waals surface area contributed by atoms with Crippen molar-refractivity contribution >= 4 is 6.03 Å². The molecule has 1 aliphatic heterocycles. The predicted molar refractivity (Wildman–Crippen MR) is 64.4 cm³/mol. The number of fused-ring (bicyclic) bond motifs is 2. The highest BCUT2D eigenvalue weighted by Crippen LogP contribution is 2.29. The maximum absolute atomic E-state index is 11.6. The van der Waals surface area contributed by atoms with Gasteiger partial charge in [-0.05, 0) is 38.1 Å². The fraction of sp³-hybridized carbons (Fsp3) is 0.917. The van der Waals surface area contributed by atoms with Gasteiger partial charge in [0.2, 0.25) is 0 Å². The van der Waals surface area contributed by atoms with Gasteiger partial charge in [-0.15, -0.1) is 0 Å². The average Bonchev–Trinajstić information content (AvgIpc) is 2.58. The third-order valence-electron chi connectivity index (χ3n) is 3.65. The Balaban J connectivity index is 1.67. The van der Waals surface area contributed by atoms with Crippen LogP contribution in [0.1, 0.15) is 39.0 Å². The second kappa shape index (κ2) is 5.53. The molecule has 1 saturated carbocycles. The smallest absolute Gasteiger partial charge is 0.315 e. The van der Waals surface area contributed by atoms with Crippen molar-refractivity contribution in [3.05, 3.63) is 0 Å². The van der Waals surface area contributed by atoms with Crippen LogP contribution in [0, 0.1) is 5.92 Å². The van der Waals surface area contributed by atoms with Gasteiger partial charge < -0.3 is 16.0 Å². The lowest BCUT2D eigenvalue weighted by molar-refractivity contribution is 0.229. The summed E-state index contributed by atoms with van der Waals surface area (Å²) in [5.74, 6) is 0.777. The van der Waals surface area contributed by atoms with E-state index >= 15 is 0 Å². The molecule has 0 radical (unpaired) electrons. The fourth-order valence-corrected chi connectivity index (χ4v) is 2.84. The molecule has 0 aromatic carbocycles. The summed E-state index contributed by atoms with van der Waals surface area (Å²) < 4.78 is 0. The Morgan fingerprint density at radius 3 is 3.00 bits per heavy atom. The summed E-state index contributed by atoms with van der Waals surface area (Å²) in [4.78, 5) is 11.6. The molecule has 2 fully saturated rings. The molecule has 1 heterocycles. The second-order valence-corrected chi connectivity index (χ2v) is 5.13. The Hall–Kier alpha value is -0.770. The van der Waals surface area contributed by atoms with E-state index in [1.165, 1.54) is 6.42 Å². The molecule has 16 heavy (non-hydrogen) atoms. The highest BCUT2D eigenvalue weighted by molar-refractivity contribution is 5.74. The normalized spacial score (nSPS) is 32.4. The van der Waals surface area contributed by atoms with Crippen LogP contribution in [0.25, 0.3) is 0 Å². The molecular weight excluding hydrogens is 202 g/mol. The Kier molecular flexibility index (Phi) is 4.04. The van der Waals surface area contributed by atoms with Gasteiger partial charge in [0.1, 0.15) is 0 Å². The van der Waals surface area contributed by atoms with Crippen LogP contribution in [0.15, 0.2) is 0 Å². The molecule has 0 spiro atoms. The Morgan fingerprint density at radius 1 is 1.38 bits per heavy atom. The number of unbranched alkanes of at least 4 members (excludes halogenated alkanes) is 1. The van der Waals surface area contributed by atoms with Crippen LogP contribution in [0.4, 0.5) is 4.79 Å². The van der Waals surface area contributed by atoms with Crippen molar-refractivity contribution in [3.63, 3.8) is 0 Å². The predicted octanol–water partition coefficient (Wildman–Crippen LogP) is 1.23. The first kappa shape index (κ1) is 11.7. The highest BCUT2D eigenvalue weighted by atomic mass is 16.2. The summed E-state index contributed by atoms with van der Waals surface area (Å²) in [5.41, 5.74) is 0. The largest absolute Gasteiger partial charge is 0.338 e. The van der Waals surface area contributed by atoms with E-state index < -0.39 is 0 Å². The van der Waals surface area contributed by atoms with Gasteiger partial charge in [-0.25, -0.2) is 4.79 Å².